The van der Waals surface area contributed by atoms with Crippen molar-refractivity contribution in [1.29, 1.82) is 0 Å². The summed E-state index contributed by atoms with van der Waals surface area (Å²) in [5.74, 6) is 0.769. The van der Waals surface area contributed by atoms with E-state index in [0.717, 1.165) is 29.8 Å². The summed E-state index contributed by atoms with van der Waals surface area (Å²) in [7, 11) is 0. The van der Waals surface area contributed by atoms with Gasteiger partial charge in [-0.1, -0.05) is 6.07 Å². The lowest BCUT2D eigenvalue weighted by Crippen LogP contribution is -2.47. The number of piperidine rings is 1. The number of aryl methyl sites for hydroxylation is 1. The lowest BCUT2D eigenvalue weighted by atomic mass is 10.1. The van der Waals surface area contributed by atoms with Gasteiger partial charge in [-0.05, 0) is 38.3 Å². The quantitative estimate of drug-likeness (QED) is 0.896. The Hall–Kier alpha value is -2.24. The van der Waals surface area contributed by atoms with Crippen molar-refractivity contribution >= 4 is 17.6 Å². The van der Waals surface area contributed by atoms with E-state index in [1.807, 2.05) is 32.0 Å². The molecule has 0 bridgehead atoms. The largest absolute Gasteiger partial charge is 0.494 e. The first-order valence-corrected chi connectivity index (χ1v) is 8.06. The minimum absolute atomic E-state index is 0.0176. The van der Waals surface area contributed by atoms with E-state index >= 15 is 0 Å². The molecule has 1 heterocycles. The Morgan fingerprint density at radius 1 is 1.30 bits per heavy atom. The van der Waals surface area contributed by atoms with Crippen LogP contribution in [-0.2, 0) is 4.79 Å². The maximum absolute atomic E-state index is 12.3. The molecule has 2 rings (SSSR count). The highest BCUT2D eigenvalue weighted by Gasteiger charge is 2.23. The van der Waals surface area contributed by atoms with Crippen LogP contribution in [0, 0.1) is 6.92 Å². The number of rotatable bonds is 4. The van der Waals surface area contributed by atoms with Gasteiger partial charge in [0.25, 0.3) is 0 Å². The van der Waals surface area contributed by atoms with Crippen molar-refractivity contribution in [3.05, 3.63) is 23.8 Å². The predicted octanol–water partition coefficient (Wildman–Crippen LogP) is 2.53. The van der Waals surface area contributed by atoms with E-state index in [0.29, 0.717) is 19.7 Å². The van der Waals surface area contributed by atoms with Crippen molar-refractivity contribution in [2.24, 2.45) is 0 Å². The van der Waals surface area contributed by atoms with Gasteiger partial charge >= 0.3 is 6.03 Å². The van der Waals surface area contributed by atoms with Gasteiger partial charge in [-0.25, -0.2) is 4.79 Å². The van der Waals surface area contributed by atoms with Crippen molar-refractivity contribution in [2.75, 3.05) is 25.0 Å². The van der Waals surface area contributed by atoms with Gasteiger partial charge in [-0.2, -0.15) is 0 Å². The first-order chi connectivity index (χ1) is 11.0. The van der Waals surface area contributed by atoms with Gasteiger partial charge in [0.1, 0.15) is 5.75 Å². The summed E-state index contributed by atoms with van der Waals surface area (Å²) < 4.78 is 5.55. The number of nitrogens with one attached hydrogen (secondary N) is 2. The summed E-state index contributed by atoms with van der Waals surface area (Å²) >= 11 is 0. The molecule has 1 aliphatic heterocycles. The molecule has 23 heavy (non-hydrogen) atoms. The molecule has 1 saturated heterocycles. The Morgan fingerprint density at radius 2 is 2.00 bits per heavy atom. The smallest absolute Gasteiger partial charge is 0.321 e. The van der Waals surface area contributed by atoms with E-state index in [-0.39, 0.29) is 18.0 Å². The average Bonchev–Trinajstić information content (AvgIpc) is 2.51. The highest BCUT2D eigenvalue weighted by Crippen LogP contribution is 2.23. The lowest BCUT2D eigenvalue weighted by molar-refractivity contribution is -0.119. The third-order valence-electron chi connectivity index (χ3n) is 3.93. The van der Waals surface area contributed by atoms with E-state index in [2.05, 4.69) is 10.6 Å². The second-order valence-electron chi connectivity index (χ2n) is 5.81. The Bertz CT molecular complexity index is 566. The zero-order chi connectivity index (χ0) is 16.8. The number of nitrogens with zero attached hydrogens (tertiary/aromatic N) is 1. The van der Waals surface area contributed by atoms with Gasteiger partial charge in [0.15, 0.2) is 0 Å². The Morgan fingerprint density at radius 3 is 2.61 bits per heavy atom. The molecule has 0 radical (unpaired) electrons. The molecule has 0 atom stereocenters. The number of carbonyl (C=O) groups excluding carboxylic acids is 2. The monoisotopic (exact) mass is 319 g/mol. The first-order valence-electron chi connectivity index (χ1n) is 8.06. The molecule has 0 aliphatic carbocycles. The van der Waals surface area contributed by atoms with Crippen LogP contribution in [0.15, 0.2) is 18.2 Å². The maximum Gasteiger partial charge on any atom is 0.321 e. The maximum atomic E-state index is 12.3. The van der Waals surface area contributed by atoms with Crippen LogP contribution in [0.5, 0.6) is 5.75 Å². The van der Waals surface area contributed by atoms with Crippen molar-refractivity contribution in [1.82, 2.24) is 10.2 Å². The van der Waals surface area contributed by atoms with Crippen LogP contribution in [0.2, 0.25) is 0 Å². The zero-order valence-electron chi connectivity index (χ0n) is 14.0. The molecule has 0 unspecified atom stereocenters. The second kappa shape index (κ2) is 7.85. The second-order valence-corrected chi connectivity index (χ2v) is 5.81. The fourth-order valence-electron chi connectivity index (χ4n) is 2.71. The molecule has 0 saturated carbocycles. The topological polar surface area (TPSA) is 70.7 Å². The number of hydrogen-bond acceptors (Lipinski definition) is 3. The molecule has 1 fully saturated rings. The number of anilines is 1. The van der Waals surface area contributed by atoms with E-state index < -0.39 is 0 Å². The van der Waals surface area contributed by atoms with Gasteiger partial charge in [0.2, 0.25) is 5.91 Å². The van der Waals surface area contributed by atoms with Crippen LogP contribution in [0.25, 0.3) is 0 Å². The molecule has 1 aromatic carbocycles. The number of hydrogen-bond donors (Lipinski definition) is 2. The Balaban J connectivity index is 1.90. The number of benzene rings is 1. The zero-order valence-corrected chi connectivity index (χ0v) is 14.0. The van der Waals surface area contributed by atoms with Crippen molar-refractivity contribution in [2.45, 2.75) is 39.7 Å². The molecular formula is C17H25N3O3. The summed E-state index contributed by atoms with van der Waals surface area (Å²) in [6.45, 7) is 7.30. The molecule has 0 spiro atoms. The molecule has 1 aliphatic rings. The van der Waals surface area contributed by atoms with Gasteiger partial charge in [-0.15, -0.1) is 0 Å². The molecule has 1 aromatic rings. The van der Waals surface area contributed by atoms with Crippen LogP contribution >= 0.6 is 0 Å². The summed E-state index contributed by atoms with van der Waals surface area (Å²) in [6.07, 6.45) is 1.57. The Kier molecular flexibility index (Phi) is 5.84. The number of amides is 3. The van der Waals surface area contributed by atoms with E-state index in [9.17, 15) is 9.59 Å². The molecular weight excluding hydrogens is 294 g/mol. The van der Waals surface area contributed by atoms with E-state index in [4.69, 9.17) is 4.74 Å². The van der Waals surface area contributed by atoms with Crippen LogP contribution in [0.1, 0.15) is 32.3 Å². The number of carbonyl (C=O) groups is 2. The third-order valence-corrected chi connectivity index (χ3v) is 3.93. The standard InChI is InChI=1S/C17H25N3O3/c1-4-23-16-11-15(6-5-12(16)2)19-17(22)20-9-7-14(8-10-20)18-13(3)21/h5-6,11,14H,4,7-10H2,1-3H3,(H,18,21)(H,19,22). The van der Waals surface area contributed by atoms with E-state index in [1.54, 1.807) is 4.90 Å². The van der Waals surface area contributed by atoms with Crippen LogP contribution in [0.3, 0.4) is 0 Å². The molecule has 126 valence electrons. The van der Waals surface area contributed by atoms with Crippen LogP contribution in [0.4, 0.5) is 10.5 Å². The minimum Gasteiger partial charge on any atom is -0.494 e. The highest BCUT2D eigenvalue weighted by molar-refractivity contribution is 5.89. The number of urea groups is 1. The summed E-state index contributed by atoms with van der Waals surface area (Å²) in [4.78, 5) is 25.2. The molecule has 6 heteroatoms. The average molecular weight is 319 g/mol. The molecule has 0 aromatic heterocycles. The summed E-state index contributed by atoms with van der Waals surface area (Å²) in [6, 6.07) is 5.71. The summed E-state index contributed by atoms with van der Waals surface area (Å²) in [5, 5.41) is 5.82. The third kappa shape index (κ3) is 4.87. The predicted molar refractivity (Wildman–Crippen MR) is 89.8 cm³/mol. The first kappa shape index (κ1) is 17.1. The number of ether oxygens (including phenoxy) is 1. The van der Waals surface area contributed by atoms with Crippen LogP contribution in [-0.4, -0.2) is 42.6 Å². The molecule has 3 amide bonds. The van der Waals surface area contributed by atoms with Gasteiger partial charge in [-0.3, -0.25) is 4.79 Å². The van der Waals surface area contributed by atoms with Crippen LogP contribution < -0.4 is 15.4 Å². The normalized spacial score (nSPS) is 15.2. The van der Waals surface area contributed by atoms with E-state index in [1.165, 1.54) is 6.92 Å². The molecule has 6 nitrogen and oxygen atoms in total. The van der Waals surface area contributed by atoms with Gasteiger partial charge in [0, 0.05) is 37.8 Å². The highest BCUT2D eigenvalue weighted by atomic mass is 16.5. The number of likely N-dealkylation sites (tertiary alicyclic amines) is 1. The SMILES string of the molecule is CCOc1cc(NC(=O)N2CCC(NC(C)=O)CC2)ccc1C. The molecule has 2 N–H and O–H groups in total. The van der Waals surface area contributed by atoms with Crippen molar-refractivity contribution in [3.8, 4) is 5.75 Å². The fourth-order valence-corrected chi connectivity index (χ4v) is 2.71. The minimum atomic E-state index is -0.113. The Labute approximate surface area is 137 Å². The van der Waals surface area contributed by atoms with Gasteiger partial charge in [0.05, 0.1) is 6.61 Å². The van der Waals surface area contributed by atoms with Gasteiger partial charge < -0.3 is 20.3 Å². The van der Waals surface area contributed by atoms with Crippen molar-refractivity contribution < 1.29 is 14.3 Å². The fraction of sp³-hybridized carbons (Fsp3) is 0.529. The summed E-state index contributed by atoms with van der Waals surface area (Å²) in [5.41, 5.74) is 1.77. The van der Waals surface area contributed by atoms with Crippen molar-refractivity contribution in [3.63, 3.8) is 0 Å². The lowest BCUT2D eigenvalue weighted by Gasteiger charge is -2.32.